The minimum absolute atomic E-state index is 0.528. The summed E-state index contributed by atoms with van der Waals surface area (Å²) in [7, 11) is 0. The number of hydrogen-bond donors (Lipinski definition) is 3. The van der Waals surface area contributed by atoms with E-state index < -0.39 is 11.9 Å². The van der Waals surface area contributed by atoms with Crippen LogP contribution in [-0.2, 0) is 29.1 Å². The van der Waals surface area contributed by atoms with Crippen LogP contribution in [0.1, 0.15) is 37.1 Å². The maximum absolute atomic E-state index is 9.10. The Morgan fingerprint density at radius 1 is 1.11 bits per heavy atom. The maximum atomic E-state index is 9.10. The van der Waals surface area contributed by atoms with Crippen LogP contribution >= 0.6 is 11.3 Å². The number of carboxylic acids is 2. The zero-order valence-electron chi connectivity index (χ0n) is 19.6. The lowest BCUT2D eigenvalue weighted by Crippen LogP contribution is -2.14. The van der Waals surface area contributed by atoms with E-state index in [1.807, 2.05) is 17.5 Å². The van der Waals surface area contributed by atoms with Gasteiger partial charge in [-0.25, -0.2) is 9.59 Å². The van der Waals surface area contributed by atoms with E-state index in [0.29, 0.717) is 12.2 Å². The van der Waals surface area contributed by atoms with E-state index in [1.165, 1.54) is 16.5 Å². The average molecular weight is 510 g/mol. The molecule has 0 aliphatic carbocycles. The second-order valence-corrected chi connectivity index (χ2v) is 8.81. The number of para-hydroxylation sites is 1. The molecule has 0 fully saturated rings. The molecule has 3 N–H and O–H groups in total. The van der Waals surface area contributed by atoms with Crippen molar-refractivity contribution in [2.24, 2.45) is 0 Å². The Bertz CT molecular complexity index is 1290. The molecule has 188 valence electrons. The van der Waals surface area contributed by atoms with Crippen molar-refractivity contribution in [3.05, 3.63) is 59.4 Å². The first-order valence-electron chi connectivity index (χ1n) is 11.5. The molecule has 10 nitrogen and oxygen atoms in total. The first-order chi connectivity index (χ1) is 17.5. The number of unbranched alkanes of at least 4 members (excludes halogenated alkanes) is 2. The largest absolute Gasteiger partial charge is 0.473 e. The number of rotatable bonds is 11. The number of thiophene rings is 1. The average Bonchev–Trinajstić information content (AvgIpc) is 3.63. The quantitative estimate of drug-likeness (QED) is 0.198. The molecule has 3 aromatic heterocycles. The van der Waals surface area contributed by atoms with Crippen molar-refractivity contribution < 1.29 is 24.3 Å². The van der Waals surface area contributed by atoms with Crippen molar-refractivity contribution >= 4 is 34.2 Å². The van der Waals surface area contributed by atoms with Gasteiger partial charge in [0.2, 0.25) is 11.7 Å². The second-order valence-electron chi connectivity index (χ2n) is 7.86. The van der Waals surface area contributed by atoms with Crippen LogP contribution in [0.3, 0.4) is 0 Å². The molecule has 3 heterocycles. The SMILES string of the molecule is N#CCCn1cc(CNCCCCCc2nc(-c3cccs3)no2)c2ccccc21.O=C(O)C(=O)O. The molecule has 4 rings (SSSR count). The van der Waals surface area contributed by atoms with E-state index in [0.717, 1.165) is 56.1 Å². The van der Waals surface area contributed by atoms with E-state index in [9.17, 15) is 0 Å². The van der Waals surface area contributed by atoms with Crippen molar-refractivity contribution in [3.8, 4) is 16.8 Å². The maximum Gasteiger partial charge on any atom is 0.414 e. The van der Waals surface area contributed by atoms with Gasteiger partial charge < -0.3 is 24.6 Å². The van der Waals surface area contributed by atoms with Crippen LogP contribution in [-0.4, -0.2) is 43.4 Å². The fourth-order valence-electron chi connectivity index (χ4n) is 3.61. The number of nitriles is 1. The number of aryl methyl sites for hydroxylation is 2. The molecule has 4 aromatic rings. The molecule has 1 aromatic carbocycles. The van der Waals surface area contributed by atoms with Gasteiger partial charge in [0.1, 0.15) is 0 Å². The summed E-state index contributed by atoms with van der Waals surface area (Å²) in [5, 5.41) is 34.6. The molecule has 0 atom stereocenters. The predicted octanol–water partition coefficient (Wildman–Crippen LogP) is 4.32. The highest BCUT2D eigenvalue weighted by molar-refractivity contribution is 7.13. The van der Waals surface area contributed by atoms with Crippen molar-refractivity contribution in [1.29, 1.82) is 5.26 Å². The third-order valence-corrected chi connectivity index (χ3v) is 6.15. The predicted molar refractivity (Wildman–Crippen MR) is 134 cm³/mol. The van der Waals surface area contributed by atoms with E-state index in [4.69, 9.17) is 29.6 Å². The number of nitrogens with one attached hydrogen (secondary N) is 1. The molecule has 11 heteroatoms. The summed E-state index contributed by atoms with van der Waals surface area (Å²) in [6, 6.07) is 14.6. The Balaban J connectivity index is 0.000000538. The fraction of sp³-hybridized carbons (Fsp3) is 0.320. The normalized spacial score (nSPS) is 10.5. The fourth-order valence-corrected chi connectivity index (χ4v) is 4.26. The van der Waals surface area contributed by atoms with Gasteiger partial charge in [0.05, 0.1) is 17.4 Å². The molecular weight excluding hydrogens is 482 g/mol. The zero-order chi connectivity index (χ0) is 25.8. The second kappa shape index (κ2) is 13.8. The van der Waals surface area contributed by atoms with Crippen LogP contribution in [0.4, 0.5) is 0 Å². The first kappa shape index (κ1) is 26.6. The number of benzene rings is 1. The highest BCUT2D eigenvalue weighted by atomic mass is 32.1. The van der Waals surface area contributed by atoms with Gasteiger partial charge in [0, 0.05) is 36.6 Å². The van der Waals surface area contributed by atoms with E-state index in [1.54, 1.807) is 11.3 Å². The van der Waals surface area contributed by atoms with Crippen LogP contribution < -0.4 is 5.32 Å². The van der Waals surface area contributed by atoms with E-state index in [2.05, 4.69) is 56.6 Å². The molecule has 0 bridgehead atoms. The van der Waals surface area contributed by atoms with Gasteiger partial charge in [-0.1, -0.05) is 35.8 Å². The highest BCUT2D eigenvalue weighted by Gasteiger charge is 2.10. The summed E-state index contributed by atoms with van der Waals surface area (Å²) in [5.41, 5.74) is 2.49. The summed E-state index contributed by atoms with van der Waals surface area (Å²) in [6.07, 6.45) is 6.80. The smallest absolute Gasteiger partial charge is 0.414 e. The number of aliphatic carboxylic acids is 2. The van der Waals surface area contributed by atoms with Gasteiger partial charge in [0.15, 0.2) is 0 Å². The third-order valence-electron chi connectivity index (χ3n) is 5.29. The molecule has 36 heavy (non-hydrogen) atoms. The molecule has 0 amide bonds. The third kappa shape index (κ3) is 7.76. The highest BCUT2D eigenvalue weighted by Crippen LogP contribution is 2.22. The summed E-state index contributed by atoms with van der Waals surface area (Å²) in [6.45, 7) is 2.55. The standard InChI is InChI=1S/C23H25N5OS.C2H2O4/c24-12-7-14-28-17-18(19-8-3-4-9-20(19)28)16-25-13-5-1-2-11-22-26-23(27-29-22)21-10-6-15-30-21;3-1(4)2(5)6/h3-4,6,8-10,15,17,25H,1-2,5,7,11,13-14,16H2;(H,3,4)(H,5,6). The van der Waals surface area contributed by atoms with Gasteiger partial charge in [-0.2, -0.15) is 10.2 Å². The molecule has 0 saturated heterocycles. The summed E-state index contributed by atoms with van der Waals surface area (Å²) < 4.78 is 7.54. The topological polar surface area (TPSA) is 154 Å². The van der Waals surface area contributed by atoms with E-state index >= 15 is 0 Å². The van der Waals surface area contributed by atoms with Crippen LogP contribution in [0.25, 0.3) is 21.6 Å². The zero-order valence-corrected chi connectivity index (χ0v) is 20.4. The van der Waals surface area contributed by atoms with Gasteiger partial charge in [-0.05, 0) is 42.5 Å². The van der Waals surface area contributed by atoms with Crippen LogP contribution in [0, 0.1) is 11.3 Å². The lowest BCUT2D eigenvalue weighted by atomic mass is 10.1. The Morgan fingerprint density at radius 3 is 2.64 bits per heavy atom. The lowest BCUT2D eigenvalue weighted by molar-refractivity contribution is -0.159. The van der Waals surface area contributed by atoms with Crippen LogP contribution in [0.2, 0.25) is 0 Å². The number of carbonyl (C=O) groups is 2. The minimum Gasteiger partial charge on any atom is -0.473 e. The lowest BCUT2D eigenvalue weighted by Gasteiger charge is -2.03. The van der Waals surface area contributed by atoms with Crippen LogP contribution in [0.5, 0.6) is 0 Å². The molecule has 0 unspecified atom stereocenters. The summed E-state index contributed by atoms with van der Waals surface area (Å²) in [5.74, 6) is -2.24. The molecule has 0 radical (unpaired) electrons. The monoisotopic (exact) mass is 509 g/mol. The number of aromatic nitrogens is 3. The number of nitrogens with zero attached hydrogens (tertiary/aromatic N) is 4. The minimum atomic E-state index is -1.82. The molecule has 0 aliphatic heterocycles. The molecule has 0 spiro atoms. The summed E-state index contributed by atoms with van der Waals surface area (Å²) in [4.78, 5) is 23.7. The first-order valence-corrected chi connectivity index (χ1v) is 12.3. The Labute approximate surface area is 211 Å². The molecule has 0 aliphatic rings. The summed E-state index contributed by atoms with van der Waals surface area (Å²) >= 11 is 1.62. The van der Waals surface area contributed by atoms with Gasteiger partial charge in [-0.3, -0.25) is 0 Å². The van der Waals surface area contributed by atoms with Gasteiger partial charge >= 0.3 is 11.9 Å². The van der Waals surface area contributed by atoms with Crippen molar-refractivity contribution in [2.45, 2.75) is 45.2 Å². The number of carboxylic acid groups (broad SMARTS) is 2. The van der Waals surface area contributed by atoms with Crippen molar-refractivity contribution in [1.82, 2.24) is 20.0 Å². The van der Waals surface area contributed by atoms with Crippen molar-refractivity contribution in [2.75, 3.05) is 6.54 Å². The van der Waals surface area contributed by atoms with Gasteiger partial charge in [0.25, 0.3) is 0 Å². The number of fused-ring (bicyclic) bond motifs is 1. The number of hydrogen-bond acceptors (Lipinski definition) is 8. The Hall–Kier alpha value is -4.01. The Kier molecular flexibility index (Phi) is 10.2. The van der Waals surface area contributed by atoms with Crippen molar-refractivity contribution in [3.63, 3.8) is 0 Å². The molecule has 0 saturated carbocycles. The van der Waals surface area contributed by atoms with Crippen LogP contribution in [0.15, 0.2) is 52.5 Å². The Morgan fingerprint density at radius 2 is 1.92 bits per heavy atom. The van der Waals surface area contributed by atoms with Gasteiger partial charge in [-0.15, -0.1) is 11.3 Å². The van der Waals surface area contributed by atoms with E-state index in [-0.39, 0.29) is 0 Å². The molecular formula is C25H27N5O5S.